The van der Waals surface area contributed by atoms with Crippen molar-refractivity contribution in [2.75, 3.05) is 25.9 Å². The fourth-order valence-electron chi connectivity index (χ4n) is 2.18. The van der Waals surface area contributed by atoms with Gasteiger partial charge in [0, 0.05) is 42.5 Å². The van der Waals surface area contributed by atoms with Crippen molar-refractivity contribution in [1.29, 1.82) is 0 Å². The molecule has 1 heterocycles. The maximum Gasteiger partial charge on any atom is 0.190 e. The number of benzene rings is 1. The van der Waals surface area contributed by atoms with E-state index in [-0.39, 0.29) is 29.8 Å². The molecule has 144 valence electrons. The van der Waals surface area contributed by atoms with E-state index in [4.69, 9.17) is 0 Å². The molecule has 0 fully saturated rings. The molecule has 0 saturated heterocycles. The Hall–Kier alpha value is -0.870. The molecule has 0 unspecified atom stereocenters. The van der Waals surface area contributed by atoms with Gasteiger partial charge in [-0.3, -0.25) is 4.99 Å². The third-order valence-electron chi connectivity index (χ3n) is 3.45. The van der Waals surface area contributed by atoms with Crippen LogP contribution in [0.4, 0.5) is 4.39 Å². The van der Waals surface area contributed by atoms with E-state index in [1.54, 1.807) is 30.1 Å². The van der Waals surface area contributed by atoms with Crippen molar-refractivity contribution >= 4 is 53.0 Å². The van der Waals surface area contributed by atoms with Gasteiger partial charge in [-0.05, 0) is 49.8 Å². The van der Waals surface area contributed by atoms with Crippen LogP contribution in [0.5, 0.6) is 0 Å². The third-order valence-corrected chi connectivity index (χ3v) is 5.57. The SMILES string of the molecule is CN=C(NCCCSc1ccc(F)cc1)NCCCc1nc(C)cs1.I. The van der Waals surface area contributed by atoms with Crippen molar-refractivity contribution in [1.82, 2.24) is 15.6 Å². The Kier molecular flexibility index (Phi) is 11.9. The highest BCUT2D eigenvalue weighted by atomic mass is 127. The van der Waals surface area contributed by atoms with Crippen LogP contribution < -0.4 is 10.6 Å². The van der Waals surface area contributed by atoms with Crippen molar-refractivity contribution in [3.8, 4) is 0 Å². The molecule has 2 rings (SSSR count). The van der Waals surface area contributed by atoms with Crippen molar-refractivity contribution in [3.63, 3.8) is 0 Å². The smallest absolute Gasteiger partial charge is 0.190 e. The van der Waals surface area contributed by atoms with E-state index in [2.05, 4.69) is 26.0 Å². The summed E-state index contributed by atoms with van der Waals surface area (Å²) in [6, 6.07) is 6.63. The normalized spacial score (nSPS) is 11.1. The van der Waals surface area contributed by atoms with Crippen molar-refractivity contribution in [3.05, 3.63) is 46.2 Å². The molecule has 26 heavy (non-hydrogen) atoms. The number of aryl methyl sites for hydroxylation is 2. The van der Waals surface area contributed by atoms with E-state index in [0.717, 1.165) is 54.7 Å². The maximum atomic E-state index is 12.8. The summed E-state index contributed by atoms with van der Waals surface area (Å²) in [5, 5.41) is 9.93. The lowest BCUT2D eigenvalue weighted by atomic mass is 10.3. The Balaban J connectivity index is 0.00000338. The second kappa shape index (κ2) is 13.3. The molecule has 2 N–H and O–H groups in total. The van der Waals surface area contributed by atoms with Gasteiger partial charge >= 0.3 is 0 Å². The first-order valence-electron chi connectivity index (χ1n) is 8.41. The van der Waals surface area contributed by atoms with E-state index >= 15 is 0 Å². The second-order valence-electron chi connectivity index (χ2n) is 5.57. The lowest BCUT2D eigenvalue weighted by Crippen LogP contribution is -2.38. The highest BCUT2D eigenvalue weighted by molar-refractivity contribution is 14.0. The fourth-order valence-corrected chi connectivity index (χ4v) is 3.86. The summed E-state index contributed by atoms with van der Waals surface area (Å²) < 4.78 is 12.8. The van der Waals surface area contributed by atoms with Gasteiger partial charge in [0.1, 0.15) is 5.82 Å². The number of thiazole rings is 1. The molecule has 0 bridgehead atoms. The van der Waals surface area contributed by atoms with Gasteiger partial charge in [-0.1, -0.05) is 0 Å². The number of nitrogens with one attached hydrogen (secondary N) is 2. The van der Waals surface area contributed by atoms with Crippen LogP contribution in [-0.2, 0) is 6.42 Å². The van der Waals surface area contributed by atoms with Gasteiger partial charge in [0.25, 0.3) is 0 Å². The van der Waals surface area contributed by atoms with Crippen LogP contribution in [0.15, 0.2) is 39.5 Å². The van der Waals surface area contributed by atoms with Gasteiger partial charge < -0.3 is 10.6 Å². The minimum absolute atomic E-state index is 0. The quantitative estimate of drug-likeness (QED) is 0.172. The van der Waals surface area contributed by atoms with Gasteiger partial charge in [-0.25, -0.2) is 9.37 Å². The maximum absolute atomic E-state index is 12.8. The van der Waals surface area contributed by atoms with Gasteiger partial charge in [-0.15, -0.1) is 47.1 Å². The minimum Gasteiger partial charge on any atom is -0.356 e. The number of aromatic nitrogens is 1. The molecule has 0 spiro atoms. The molecule has 2 aromatic rings. The number of halogens is 2. The Bertz CT molecular complexity index is 661. The number of nitrogens with zero attached hydrogens (tertiary/aromatic N) is 2. The van der Waals surface area contributed by atoms with Gasteiger partial charge in [0.05, 0.1) is 5.01 Å². The number of hydrogen-bond donors (Lipinski definition) is 2. The largest absolute Gasteiger partial charge is 0.356 e. The standard InChI is InChI=1S/C18H25FN4S2.HI/c1-14-13-25-17(23-14)5-3-10-21-18(20-2)22-11-4-12-24-16-8-6-15(19)7-9-16;/h6-9,13H,3-5,10-12H2,1-2H3,(H2,20,21,22);1H. The zero-order chi connectivity index (χ0) is 17.9. The lowest BCUT2D eigenvalue weighted by Gasteiger charge is -2.11. The van der Waals surface area contributed by atoms with E-state index in [1.165, 1.54) is 17.1 Å². The molecule has 4 nitrogen and oxygen atoms in total. The molecule has 0 aliphatic rings. The van der Waals surface area contributed by atoms with Crippen molar-refractivity contribution in [2.24, 2.45) is 4.99 Å². The molecule has 0 atom stereocenters. The molecule has 1 aromatic heterocycles. The van der Waals surface area contributed by atoms with Crippen molar-refractivity contribution in [2.45, 2.75) is 31.1 Å². The summed E-state index contributed by atoms with van der Waals surface area (Å²) in [4.78, 5) is 9.80. The van der Waals surface area contributed by atoms with Crippen molar-refractivity contribution < 1.29 is 4.39 Å². The monoisotopic (exact) mass is 508 g/mol. The third kappa shape index (κ3) is 9.18. The number of hydrogen-bond acceptors (Lipinski definition) is 4. The molecule has 0 saturated carbocycles. The van der Waals surface area contributed by atoms with E-state index in [1.807, 2.05) is 19.1 Å². The fraction of sp³-hybridized carbons (Fsp3) is 0.444. The molecule has 1 aromatic carbocycles. The van der Waals surface area contributed by atoms with Gasteiger partial charge in [0.2, 0.25) is 0 Å². The molecule has 0 radical (unpaired) electrons. The number of thioether (sulfide) groups is 1. The van der Waals surface area contributed by atoms with Crippen LogP contribution in [0.1, 0.15) is 23.5 Å². The summed E-state index contributed by atoms with van der Waals surface area (Å²) in [7, 11) is 1.78. The molecular formula is C18H26FIN4S2. The topological polar surface area (TPSA) is 49.3 Å². The summed E-state index contributed by atoms with van der Waals surface area (Å²) in [6.45, 7) is 3.76. The molecule has 0 aliphatic carbocycles. The lowest BCUT2D eigenvalue weighted by molar-refractivity contribution is 0.626. The zero-order valence-corrected chi connectivity index (χ0v) is 19.1. The average Bonchev–Trinajstić information content (AvgIpc) is 3.03. The Morgan fingerprint density at radius 2 is 1.88 bits per heavy atom. The predicted octanol–water partition coefficient (Wildman–Crippen LogP) is 4.49. The van der Waals surface area contributed by atoms with E-state index in [9.17, 15) is 4.39 Å². The van der Waals surface area contributed by atoms with Crippen LogP contribution in [0, 0.1) is 12.7 Å². The Morgan fingerprint density at radius 1 is 1.19 bits per heavy atom. The average molecular weight is 508 g/mol. The molecule has 8 heteroatoms. The molecule has 0 aliphatic heterocycles. The first kappa shape index (κ1) is 23.2. The van der Waals surface area contributed by atoms with E-state index < -0.39 is 0 Å². The molecular weight excluding hydrogens is 482 g/mol. The first-order chi connectivity index (χ1) is 12.2. The highest BCUT2D eigenvalue weighted by Crippen LogP contribution is 2.18. The minimum atomic E-state index is -0.189. The van der Waals surface area contributed by atoms with Crippen LogP contribution in [0.25, 0.3) is 0 Å². The number of rotatable bonds is 9. The van der Waals surface area contributed by atoms with Gasteiger partial charge in [0.15, 0.2) is 5.96 Å². The Morgan fingerprint density at radius 3 is 2.50 bits per heavy atom. The number of aliphatic imine (C=N–C) groups is 1. The van der Waals surface area contributed by atoms with Crippen LogP contribution in [0.2, 0.25) is 0 Å². The summed E-state index contributed by atoms with van der Waals surface area (Å²) in [6.07, 6.45) is 3.05. The van der Waals surface area contributed by atoms with Crippen LogP contribution in [0.3, 0.4) is 0 Å². The van der Waals surface area contributed by atoms with Gasteiger partial charge in [-0.2, -0.15) is 0 Å². The summed E-state index contributed by atoms with van der Waals surface area (Å²) in [5.74, 6) is 1.63. The summed E-state index contributed by atoms with van der Waals surface area (Å²) in [5.41, 5.74) is 1.10. The zero-order valence-electron chi connectivity index (χ0n) is 15.1. The van der Waals surface area contributed by atoms with E-state index in [0.29, 0.717) is 0 Å². The van der Waals surface area contributed by atoms with Crippen LogP contribution >= 0.6 is 47.1 Å². The number of guanidine groups is 1. The van der Waals surface area contributed by atoms with Crippen LogP contribution in [-0.4, -0.2) is 36.8 Å². The predicted molar refractivity (Wildman–Crippen MR) is 122 cm³/mol. The highest BCUT2D eigenvalue weighted by Gasteiger charge is 2.01. The Labute approximate surface area is 180 Å². The second-order valence-corrected chi connectivity index (χ2v) is 7.68. The first-order valence-corrected chi connectivity index (χ1v) is 10.3. The molecule has 0 amide bonds. The summed E-state index contributed by atoms with van der Waals surface area (Å²) >= 11 is 3.46.